The van der Waals surface area contributed by atoms with Crippen molar-refractivity contribution in [2.75, 3.05) is 7.11 Å². The molecule has 0 aliphatic heterocycles. The van der Waals surface area contributed by atoms with E-state index in [0.29, 0.717) is 0 Å². The van der Waals surface area contributed by atoms with Crippen molar-refractivity contribution in [3.63, 3.8) is 0 Å². The van der Waals surface area contributed by atoms with Gasteiger partial charge in [0.25, 0.3) is 0 Å². The number of hydrogen-bond donors (Lipinski definition) is 2. The zero-order valence-corrected chi connectivity index (χ0v) is 17.1. The predicted molar refractivity (Wildman–Crippen MR) is 103 cm³/mol. The predicted octanol–water partition coefficient (Wildman–Crippen LogP) is 3.91. The molecule has 1 aromatic carbocycles. The number of thioether (sulfide) groups is 1. The highest BCUT2D eigenvalue weighted by Gasteiger charge is 2.37. The van der Waals surface area contributed by atoms with E-state index in [-0.39, 0.29) is 11.8 Å². The number of carbonyl (C=O) groups is 1. The Bertz CT molecular complexity index is 552. The molecule has 0 saturated heterocycles. The third-order valence-electron chi connectivity index (χ3n) is 3.64. The van der Waals surface area contributed by atoms with Crippen LogP contribution in [0.4, 0.5) is 0 Å². The Labute approximate surface area is 155 Å². The van der Waals surface area contributed by atoms with Crippen LogP contribution in [0.5, 0.6) is 5.75 Å². The molecule has 1 rings (SSSR count). The zero-order chi connectivity index (χ0) is 19.3. The number of methoxy groups -OCH3 is 1. The minimum absolute atomic E-state index is 0.337. The number of hydrogen-bond acceptors (Lipinski definition) is 5. The SMILES string of the molecule is COc1ccc(CSC(C)(C)C(NC(C)OC(C)(C)C)C(=O)O)cc1. The second kappa shape index (κ2) is 8.92. The third-order valence-corrected chi connectivity index (χ3v) is 5.10. The summed E-state index contributed by atoms with van der Waals surface area (Å²) < 4.78 is 10.5. The van der Waals surface area contributed by atoms with Gasteiger partial charge in [-0.3, -0.25) is 10.1 Å². The zero-order valence-electron chi connectivity index (χ0n) is 16.3. The van der Waals surface area contributed by atoms with E-state index in [1.807, 2.05) is 65.8 Å². The van der Waals surface area contributed by atoms with E-state index in [1.54, 1.807) is 18.9 Å². The number of carboxylic acid groups (broad SMARTS) is 1. The van der Waals surface area contributed by atoms with Crippen LogP contribution in [-0.2, 0) is 15.3 Å². The topological polar surface area (TPSA) is 67.8 Å². The Hall–Kier alpha value is -1.24. The van der Waals surface area contributed by atoms with Gasteiger partial charge in [-0.1, -0.05) is 12.1 Å². The molecule has 0 bridgehead atoms. The molecule has 0 aliphatic rings. The number of benzene rings is 1. The largest absolute Gasteiger partial charge is 0.497 e. The maximum atomic E-state index is 11.8. The van der Waals surface area contributed by atoms with Crippen LogP contribution >= 0.6 is 11.8 Å². The lowest BCUT2D eigenvalue weighted by atomic mass is 10.0. The van der Waals surface area contributed by atoms with Gasteiger partial charge < -0.3 is 14.6 Å². The highest BCUT2D eigenvalue weighted by atomic mass is 32.2. The van der Waals surface area contributed by atoms with Crippen molar-refractivity contribution in [3.8, 4) is 5.75 Å². The highest BCUT2D eigenvalue weighted by molar-refractivity contribution is 7.99. The number of nitrogens with one attached hydrogen (secondary N) is 1. The molecule has 25 heavy (non-hydrogen) atoms. The lowest BCUT2D eigenvalue weighted by Gasteiger charge is -2.35. The normalized spacial score (nSPS) is 14.8. The fourth-order valence-electron chi connectivity index (χ4n) is 2.44. The lowest BCUT2D eigenvalue weighted by Crippen LogP contribution is -2.54. The molecule has 2 unspecified atom stereocenters. The van der Waals surface area contributed by atoms with E-state index in [1.165, 1.54) is 0 Å². The van der Waals surface area contributed by atoms with Gasteiger partial charge in [-0.05, 0) is 59.2 Å². The molecule has 0 aliphatic carbocycles. The maximum Gasteiger partial charge on any atom is 0.322 e. The quantitative estimate of drug-likeness (QED) is 0.643. The van der Waals surface area contributed by atoms with Gasteiger partial charge >= 0.3 is 5.97 Å². The van der Waals surface area contributed by atoms with Crippen molar-refractivity contribution in [1.82, 2.24) is 5.32 Å². The number of aliphatic carboxylic acids is 1. The minimum atomic E-state index is -0.878. The Morgan fingerprint density at radius 1 is 1.20 bits per heavy atom. The highest BCUT2D eigenvalue weighted by Crippen LogP contribution is 2.32. The van der Waals surface area contributed by atoms with E-state index in [9.17, 15) is 9.90 Å². The molecular formula is C19H31NO4S. The summed E-state index contributed by atoms with van der Waals surface area (Å²) in [5.74, 6) is 0.652. The molecule has 6 heteroatoms. The van der Waals surface area contributed by atoms with Crippen molar-refractivity contribution in [1.29, 1.82) is 0 Å². The molecule has 2 N–H and O–H groups in total. The summed E-state index contributed by atoms with van der Waals surface area (Å²) in [5, 5.41) is 12.8. The van der Waals surface area contributed by atoms with Gasteiger partial charge in [0.15, 0.2) is 0 Å². The second-order valence-corrected chi connectivity index (χ2v) is 9.18. The first-order valence-corrected chi connectivity index (χ1v) is 9.37. The molecule has 5 nitrogen and oxygen atoms in total. The summed E-state index contributed by atoms with van der Waals surface area (Å²) in [4.78, 5) is 11.8. The number of rotatable bonds is 9. The lowest BCUT2D eigenvalue weighted by molar-refractivity contribution is -0.143. The van der Waals surface area contributed by atoms with Gasteiger partial charge in [-0.25, -0.2) is 0 Å². The smallest absolute Gasteiger partial charge is 0.322 e. The average Bonchev–Trinajstić information content (AvgIpc) is 2.49. The fraction of sp³-hybridized carbons (Fsp3) is 0.632. The standard InChI is InChI=1S/C19H31NO4S/c1-13(24-18(2,3)4)20-16(17(21)22)19(5,6)25-12-14-8-10-15(23-7)11-9-14/h8-11,13,16,20H,12H2,1-7H3,(H,21,22). The van der Waals surface area contributed by atoms with E-state index < -0.39 is 16.8 Å². The van der Waals surface area contributed by atoms with Crippen LogP contribution in [0, 0.1) is 0 Å². The summed E-state index contributed by atoms with van der Waals surface area (Å²) in [6, 6.07) is 7.09. The third kappa shape index (κ3) is 7.67. The Morgan fingerprint density at radius 2 is 1.76 bits per heavy atom. The van der Waals surface area contributed by atoms with Gasteiger partial charge in [-0.2, -0.15) is 0 Å². The van der Waals surface area contributed by atoms with Gasteiger partial charge in [0.2, 0.25) is 0 Å². The Kier molecular flexibility index (Phi) is 7.78. The molecule has 142 valence electrons. The van der Waals surface area contributed by atoms with Gasteiger partial charge in [0.1, 0.15) is 18.0 Å². The van der Waals surface area contributed by atoms with Crippen LogP contribution in [0.15, 0.2) is 24.3 Å². The maximum absolute atomic E-state index is 11.8. The molecule has 1 aromatic rings. The van der Waals surface area contributed by atoms with Crippen molar-refractivity contribution in [2.45, 2.75) is 69.9 Å². The van der Waals surface area contributed by atoms with E-state index >= 15 is 0 Å². The van der Waals surface area contributed by atoms with Crippen LogP contribution in [0.25, 0.3) is 0 Å². The second-order valence-electron chi connectivity index (χ2n) is 7.55. The molecule has 0 radical (unpaired) electrons. The van der Waals surface area contributed by atoms with Crippen molar-refractivity contribution >= 4 is 17.7 Å². The number of carboxylic acids is 1. The Balaban J connectivity index is 2.73. The van der Waals surface area contributed by atoms with Gasteiger partial charge in [0.05, 0.1) is 12.7 Å². The van der Waals surface area contributed by atoms with Gasteiger partial charge in [-0.15, -0.1) is 11.8 Å². The van der Waals surface area contributed by atoms with Crippen LogP contribution in [0.2, 0.25) is 0 Å². The summed E-state index contributed by atoms with van der Waals surface area (Å²) in [7, 11) is 1.64. The molecule has 0 amide bonds. The summed E-state index contributed by atoms with van der Waals surface area (Å²) >= 11 is 1.60. The molecule has 0 spiro atoms. The van der Waals surface area contributed by atoms with Crippen LogP contribution < -0.4 is 10.1 Å². The first-order valence-electron chi connectivity index (χ1n) is 8.38. The van der Waals surface area contributed by atoms with E-state index in [2.05, 4.69) is 5.32 Å². The van der Waals surface area contributed by atoms with Gasteiger partial charge in [0, 0.05) is 10.5 Å². The monoisotopic (exact) mass is 369 g/mol. The van der Waals surface area contributed by atoms with E-state index in [0.717, 1.165) is 17.1 Å². The molecule has 0 saturated carbocycles. The van der Waals surface area contributed by atoms with Crippen molar-refractivity contribution in [2.24, 2.45) is 0 Å². The first-order chi connectivity index (χ1) is 11.4. The van der Waals surface area contributed by atoms with E-state index in [4.69, 9.17) is 9.47 Å². The molecule has 0 fully saturated rings. The molecule has 2 atom stereocenters. The summed E-state index contributed by atoms with van der Waals surface area (Å²) in [6.45, 7) is 11.6. The molecule has 0 aromatic heterocycles. The molecule has 0 heterocycles. The summed E-state index contributed by atoms with van der Waals surface area (Å²) in [6.07, 6.45) is -0.359. The van der Waals surface area contributed by atoms with Crippen molar-refractivity contribution in [3.05, 3.63) is 29.8 Å². The van der Waals surface area contributed by atoms with Crippen molar-refractivity contribution < 1.29 is 19.4 Å². The van der Waals surface area contributed by atoms with Crippen LogP contribution in [0.3, 0.4) is 0 Å². The number of ether oxygens (including phenoxy) is 2. The molecular weight excluding hydrogens is 338 g/mol. The van der Waals surface area contributed by atoms with Crippen LogP contribution in [0.1, 0.15) is 47.1 Å². The Morgan fingerprint density at radius 3 is 2.20 bits per heavy atom. The van der Waals surface area contributed by atoms with Crippen LogP contribution in [-0.4, -0.2) is 40.8 Å². The average molecular weight is 370 g/mol. The summed E-state index contributed by atoms with van der Waals surface area (Å²) in [5.41, 5.74) is 0.789. The first kappa shape index (κ1) is 21.8. The minimum Gasteiger partial charge on any atom is -0.497 e. The fourth-order valence-corrected chi connectivity index (χ4v) is 3.51.